The van der Waals surface area contributed by atoms with E-state index < -0.39 is 5.97 Å². The van der Waals surface area contributed by atoms with Crippen molar-refractivity contribution in [3.05, 3.63) is 45.2 Å². The number of hydrogen-bond donors (Lipinski definition) is 2. The summed E-state index contributed by atoms with van der Waals surface area (Å²) in [5.41, 5.74) is 1.32. The smallest absolute Gasteiger partial charge is 0.346 e. The SMILES string of the molecule is Cc1c(C(=O)O)sc2ncnc(N3CCCC(c4cc(=O)[nH]cn4)C3)c12. The van der Waals surface area contributed by atoms with Gasteiger partial charge in [0.1, 0.15) is 21.9 Å². The molecule has 134 valence electrons. The molecule has 3 aromatic heterocycles. The number of aromatic carboxylic acids is 1. The summed E-state index contributed by atoms with van der Waals surface area (Å²) in [5.74, 6) is -0.0552. The van der Waals surface area contributed by atoms with Gasteiger partial charge in [0.25, 0.3) is 5.56 Å². The van der Waals surface area contributed by atoms with Gasteiger partial charge in [-0.05, 0) is 25.3 Å². The van der Waals surface area contributed by atoms with Crippen molar-refractivity contribution >= 4 is 33.3 Å². The Labute approximate surface area is 152 Å². The first-order valence-electron chi connectivity index (χ1n) is 8.31. The molecule has 8 nitrogen and oxygen atoms in total. The van der Waals surface area contributed by atoms with Crippen LogP contribution in [0.15, 0.2) is 23.5 Å². The number of nitrogens with one attached hydrogen (secondary N) is 1. The van der Waals surface area contributed by atoms with Gasteiger partial charge in [-0.1, -0.05) is 0 Å². The second-order valence-corrected chi connectivity index (χ2v) is 7.36. The van der Waals surface area contributed by atoms with Crippen molar-refractivity contribution in [1.82, 2.24) is 19.9 Å². The standard InChI is InChI=1S/C17H17N5O3S/c1-9-13-15(20-8-21-16(13)26-14(9)17(24)25)22-4-2-3-10(6-22)11-5-12(23)19-7-18-11/h5,7-8,10H,2-4,6H2,1H3,(H,24,25)(H,18,19,23). The third-order valence-corrected chi connectivity index (χ3v) is 5.93. The lowest BCUT2D eigenvalue weighted by atomic mass is 9.94. The molecule has 0 aliphatic carbocycles. The summed E-state index contributed by atoms with van der Waals surface area (Å²) in [4.78, 5) is 41.7. The van der Waals surface area contributed by atoms with Gasteiger partial charge in [0, 0.05) is 25.1 Å². The number of aromatic nitrogens is 4. The van der Waals surface area contributed by atoms with Gasteiger partial charge in [0.05, 0.1) is 17.4 Å². The molecule has 3 aromatic rings. The van der Waals surface area contributed by atoms with E-state index in [4.69, 9.17) is 0 Å². The van der Waals surface area contributed by atoms with Gasteiger partial charge in [-0.3, -0.25) is 4.79 Å². The third kappa shape index (κ3) is 2.84. The minimum Gasteiger partial charge on any atom is -0.477 e. The van der Waals surface area contributed by atoms with Gasteiger partial charge >= 0.3 is 5.97 Å². The van der Waals surface area contributed by atoms with Crippen LogP contribution in [0.2, 0.25) is 0 Å². The van der Waals surface area contributed by atoms with E-state index in [0.717, 1.165) is 36.3 Å². The van der Waals surface area contributed by atoms with E-state index >= 15 is 0 Å². The molecule has 4 heterocycles. The fourth-order valence-corrected chi connectivity index (χ4v) is 4.50. The van der Waals surface area contributed by atoms with Crippen molar-refractivity contribution in [2.45, 2.75) is 25.7 Å². The largest absolute Gasteiger partial charge is 0.477 e. The molecule has 0 bridgehead atoms. The molecular formula is C17H17N5O3S. The first kappa shape index (κ1) is 16.6. The predicted octanol–water partition coefficient (Wildman–Crippen LogP) is 2.17. The van der Waals surface area contributed by atoms with Crippen molar-refractivity contribution in [3.8, 4) is 0 Å². The highest BCUT2D eigenvalue weighted by molar-refractivity contribution is 7.20. The predicted molar refractivity (Wildman–Crippen MR) is 98.2 cm³/mol. The van der Waals surface area contributed by atoms with Gasteiger partial charge in [-0.15, -0.1) is 11.3 Å². The Balaban J connectivity index is 1.73. The number of hydrogen-bond acceptors (Lipinski definition) is 7. The first-order chi connectivity index (χ1) is 12.5. The van der Waals surface area contributed by atoms with Gasteiger partial charge in [0.15, 0.2) is 0 Å². The highest BCUT2D eigenvalue weighted by Crippen LogP contribution is 2.37. The molecule has 1 saturated heterocycles. The lowest BCUT2D eigenvalue weighted by molar-refractivity contribution is 0.0701. The summed E-state index contributed by atoms with van der Waals surface area (Å²) in [6.45, 7) is 3.30. The fraction of sp³-hybridized carbons (Fsp3) is 0.353. The Kier molecular flexibility index (Phi) is 4.15. The van der Waals surface area contributed by atoms with Crippen LogP contribution in [0.1, 0.15) is 39.7 Å². The zero-order valence-corrected chi connectivity index (χ0v) is 14.9. The number of aryl methyl sites for hydroxylation is 1. The highest BCUT2D eigenvalue weighted by atomic mass is 32.1. The average Bonchev–Trinajstić information content (AvgIpc) is 2.99. The normalized spacial score (nSPS) is 17.6. The number of aromatic amines is 1. The van der Waals surface area contributed by atoms with Crippen LogP contribution in [-0.4, -0.2) is 44.1 Å². The number of thiophene rings is 1. The van der Waals surface area contributed by atoms with Crippen molar-refractivity contribution in [2.24, 2.45) is 0 Å². The van der Waals surface area contributed by atoms with Crippen LogP contribution in [0.25, 0.3) is 10.2 Å². The van der Waals surface area contributed by atoms with E-state index in [0.29, 0.717) is 21.8 Å². The number of fused-ring (bicyclic) bond motifs is 1. The molecule has 1 unspecified atom stereocenters. The Morgan fingerprint density at radius 1 is 1.38 bits per heavy atom. The van der Waals surface area contributed by atoms with Crippen molar-refractivity contribution in [2.75, 3.05) is 18.0 Å². The number of anilines is 1. The molecule has 1 fully saturated rings. The minimum atomic E-state index is -0.944. The van der Waals surface area contributed by atoms with Crippen LogP contribution in [-0.2, 0) is 0 Å². The van der Waals surface area contributed by atoms with Crippen LogP contribution in [0.4, 0.5) is 5.82 Å². The third-order valence-electron chi connectivity index (χ3n) is 4.74. The van der Waals surface area contributed by atoms with Crippen LogP contribution >= 0.6 is 11.3 Å². The molecule has 0 aromatic carbocycles. The van der Waals surface area contributed by atoms with Crippen molar-refractivity contribution in [1.29, 1.82) is 0 Å². The van der Waals surface area contributed by atoms with Gasteiger partial charge in [-0.25, -0.2) is 19.7 Å². The molecule has 0 amide bonds. The summed E-state index contributed by atoms with van der Waals surface area (Å²) >= 11 is 1.17. The van der Waals surface area contributed by atoms with Gasteiger partial charge < -0.3 is 15.0 Å². The van der Waals surface area contributed by atoms with E-state index in [-0.39, 0.29) is 11.5 Å². The summed E-state index contributed by atoms with van der Waals surface area (Å²) in [5, 5.41) is 10.2. The molecule has 1 aliphatic rings. The maximum atomic E-state index is 11.6. The van der Waals surface area contributed by atoms with Gasteiger partial charge in [-0.2, -0.15) is 0 Å². The summed E-state index contributed by atoms with van der Waals surface area (Å²) in [6, 6.07) is 1.54. The lowest BCUT2D eigenvalue weighted by Gasteiger charge is -2.33. The zero-order chi connectivity index (χ0) is 18.3. The summed E-state index contributed by atoms with van der Waals surface area (Å²) in [7, 11) is 0. The van der Waals surface area contributed by atoms with Crippen LogP contribution in [0, 0.1) is 6.92 Å². The number of rotatable bonds is 3. The Morgan fingerprint density at radius 2 is 2.23 bits per heavy atom. The highest BCUT2D eigenvalue weighted by Gasteiger charge is 2.27. The van der Waals surface area contributed by atoms with Crippen LogP contribution in [0.3, 0.4) is 0 Å². The average molecular weight is 371 g/mol. The molecule has 0 spiro atoms. The second kappa shape index (κ2) is 6.49. The van der Waals surface area contributed by atoms with Crippen molar-refractivity contribution in [3.63, 3.8) is 0 Å². The molecule has 1 atom stereocenters. The number of carboxylic acid groups (broad SMARTS) is 1. The molecule has 0 radical (unpaired) electrons. The monoisotopic (exact) mass is 371 g/mol. The quantitative estimate of drug-likeness (QED) is 0.725. The number of carboxylic acids is 1. The topological polar surface area (TPSA) is 112 Å². The minimum absolute atomic E-state index is 0.133. The van der Waals surface area contributed by atoms with E-state index in [2.05, 4.69) is 24.8 Å². The zero-order valence-electron chi connectivity index (χ0n) is 14.1. The van der Waals surface area contributed by atoms with E-state index in [1.54, 1.807) is 13.0 Å². The molecule has 26 heavy (non-hydrogen) atoms. The van der Waals surface area contributed by atoms with E-state index in [1.165, 1.54) is 24.0 Å². The molecule has 1 aliphatic heterocycles. The Hall–Kier alpha value is -2.81. The van der Waals surface area contributed by atoms with E-state index in [1.807, 2.05) is 0 Å². The van der Waals surface area contributed by atoms with Crippen molar-refractivity contribution < 1.29 is 9.90 Å². The molecular weight excluding hydrogens is 354 g/mol. The summed E-state index contributed by atoms with van der Waals surface area (Å²) in [6.07, 6.45) is 4.81. The number of H-pyrrole nitrogens is 1. The lowest BCUT2D eigenvalue weighted by Crippen LogP contribution is -2.35. The first-order valence-corrected chi connectivity index (χ1v) is 9.13. The Morgan fingerprint density at radius 3 is 3.00 bits per heavy atom. The maximum absolute atomic E-state index is 11.6. The summed E-state index contributed by atoms with van der Waals surface area (Å²) < 4.78 is 0. The molecule has 0 saturated carbocycles. The van der Waals surface area contributed by atoms with Crippen LogP contribution < -0.4 is 10.5 Å². The molecule has 2 N–H and O–H groups in total. The molecule has 4 rings (SSSR count). The molecule has 9 heteroatoms. The maximum Gasteiger partial charge on any atom is 0.346 e. The Bertz CT molecular complexity index is 1040. The number of nitrogens with zero attached hydrogens (tertiary/aromatic N) is 4. The number of piperidine rings is 1. The van der Waals surface area contributed by atoms with Gasteiger partial charge in [0.2, 0.25) is 0 Å². The van der Waals surface area contributed by atoms with E-state index in [9.17, 15) is 14.7 Å². The number of carbonyl (C=O) groups is 1. The second-order valence-electron chi connectivity index (χ2n) is 6.36. The van der Waals surface area contributed by atoms with Crippen LogP contribution in [0.5, 0.6) is 0 Å². The fourth-order valence-electron chi connectivity index (χ4n) is 3.51.